The fourth-order valence-electron chi connectivity index (χ4n) is 4.03. The maximum atomic E-state index is 11.6. The second-order valence-electron chi connectivity index (χ2n) is 6.62. The Bertz CT molecular complexity index is 708. The first kappa shape index (κ1) is 17.6. The molecule has 2 aliphatic rings. The fourth-order valence-corrected chi connectivity index (χ4v) is 4.03. The Labute approximate surface area is 144 Å². The van der Waals surface area contributed by atoms with Crippen LogP contribution < -0.4 is 5.32 Å². The van der Waals surface area contributed by atoms with E-state index in [-0.39, 0.29) is 46.3 Å². The number of anilines is 1. The van der Waals surface area contributed by atoms with Crippen LogP contribution in [0.3, 0.4) is 0 Å². The summed E-state index contributed by atoms with van der Waals surface area (Å²) in [4.78, 5) is 21.8. The van der Waals surface area contributed by atoms with Gasteiger partial charge in [0.2, 0.25) is 0 Å². The molecule has 1 aromatic carbocycles. The molecule has 3 rings (SSSR count). The quantitative estimate of drug-likeness (QED) is 0.616. The van der Waals surface area contributed by atoms with E-state index >= 15 is 0 Å². The second kappa shape index (κ2) is 6.93. The number of hydrogen-bond acceptors (Lipinski definition) is 7. The minimum atomic E-state index is -0.639. The van der Waals surface area contributed by atoms with Crippen molar-refractivity contribution in [1.82, 2.24) is 0 Å². The molecule has 0 bridgehead atoms. The van der Waals surface area contributed by atoms with Gasteiger partial charge in [-0.05, 0) is 38.2 Å². The van der Waals surface area contributed by atoms with Crippen LogP contribution in [-0.4, -0.2) is 33.7 Å². The van der Waals surface area contributed by atoms with Gasteiger partial charge in [-0.3, -0.25) is 20.2 Å². The van der Waals surface area contributed by atoms with E-state index in [9.17, 15) is 25.3 Å². The minimum Gasteiger partial charge on any atom is -0.392 e. The number of hydrogen-bond donors (Lipinski definition) is 2. The van der Waals surface area contributed by atoms with Crippen LogP contribution in [0.1, 0.15) is 36.8 Å². The Morgan fingerprint density at radius 1 is 1.28 bits per heavy atom. The van der Waals surface area contributed by atoms with E-state index in [0.29, 0.717) is 6.61 Å². The predicted octanol–water partition coefficient (Wildman–Crippen LogP) is 2.67. The van der Waals surface area contributed by atoms with Crippen molar-refractivity contribution in [2.45, 2.75) is 51.4 Å². The molecule has 3 unspecified atom stereocenters. The third-order valence-electron chi connectivity index (χ3n) is 5.30. The summed E-state index contributed by atoms with van der Waals surface area (Å²) >= 11 is 0. The Balaban J connectivity index is 2.05. The summed E-state index contributed by atoms with van der Waals surface area (Å²) in [7, 11) is 0. The lowest BCUT2D eigenvalue weighted by atomic mass is 9.81. The first-order valence-corrected chi connectivity index (χ1v) is 8.38. The molecule has 1 heterocycles. The van der Waals surface area contributed by atoms with Crippen LogP contribution in [-0.2, 0) is 11.3 Å². The highest BCUT2D eigenvalue weighted by atomic mass is 16.6. The van der Waals surface area contributed by atoms with Gasteiger partial charge in [0.15, 0.2) is 5.69 Å². The average molecular weight is 351 g/mol. The van der Waals surface area contributed by atoms with Gasteiger partial charge in [-0.2, -0.15) is 0 Å². The molecular weight excluding hydrogens is 330 g/mol. The Morgan fingerprint density at radius 3 is 2.68 bits per heavy atom. The number of fused-ring (bicyclic) bond motifs is 1. The van der Waals surface area contributed by atoms with Crippen LogP contribution in [0.5, 0.6) is 0 Å². The summed E-state index contributed by atoms with van der Waals surface area (Å²) in [5.41, 5.74) is -0.339. The van der Waals surface area contributed by atoms with Crippen molar-refractivity contribution in [2.24, 2.45) is 5.92 Å². The molecule has 9 heteroatoms. The van der Waals surface area contributed by atoms with Gasteiger partial charge in [-0.25, -0.2) is 0 Å². The van der Waals surface area contributed by atoms with E-state index in [1.165, 1.54) is 13.0 Å². The summed E-state index contributed by atoms with van der Waals surface area (Å²) in [5.74, 6) is 0.200. The molecule has 9 nitrogen and oxygen atoms in total. The molecule has 1 aliphatic carbocycles. The van der Waals surface area contributed by atoms with Crippen LogP contribution in [0.4, 0.5) is 17.1 Å². The van der Waals surface area contributed by atoms with E-state index < -0.39 is 16.5 Å². The molecule has 0 spiro atoms. The molecule has 1 saturated carbocycles. The largest absolute Gasteiger partial charge is 0.392 e. The maximum Gasteiger partial charge on any atom is 0.302 e. The van der Waals surface area contributed by atoms with Crippen molar-refractivity contribution in [3.63, 3.8) is 0 Å². The average Bonchev–Trinajstić information content (AvgIpc) is 3.04. The highest BCUT2D eigenvalue weighted by molar-refractivity contribution is 5.78. The van der Waals surface area contributed by atoms with Crippen molar-refractivity contribution in [3.05, 3.63) is 37.4 Å². The van der Waals surface area contributed by atoms with Gasteiger partial charge in [0.25, 0.3) is 5.69 Å². The first-order chi connectivity index (χ1) is 11.9. The molecule has 0 aromatic heterocycles. The van der Waals surface area contributed by atoms with Gasteiger partial charge in [-0.1, -0.05) is 0 Å². The van der Waals surface area contributed by atoms with E-state index in [1.807, 2.05) is 0 Å². The molecule has 3 atom stereocenters. The molecule has 136 valence electrons. The molecule has 25 heavy (non-hydrogen) atoms. The number of benzene rings is 1. The molecule has 0 amide bonds. The third kappa shape index (κ3) is 3.16. The van der Waals surface area contributed by atoms with E-state index in [2.05, 4.69) is 5.32 Å². The summed E-state index contributed by atoms with van der Waals surface area (Å²) in [6, 6.07) is 1.12. The smallest absolute Gasteiger partial charge is 0.302 e. The van der Waals surface area contributed by atoms with Gasteiger partial charge < -0.3 is 15.2 Å². The summed E-state index contributed by atoms with van der Waals surface area (Å²) < 4.78 is 5.70. The van der Waals surface area contributed by atoms with Crippen molar-refractivity contribution in [1.29, 1.82) is 0 Å². The van der Waals surface area contributed by atoms with Crippen LogP contribution in [0.15, 0.2) is 6.07 Å². The van der Waals surface area contributed by atoms with E-state index in [0.717, 1.165) is 25.7 Å². The molecular formula is C16H21N3O6. The zero-order valence-corrected chi connectivity index (χ0v) is 13.9. The number of nitrogens with one attached hydrogen (secondary N) is 1. The number of nitro benzene ring substituents is 2. The standard InChI is InChI=1S/C16H21N3O6/c1-9-10(8-20)7-13(18(21)22)15(16(9)19(23)24)17-12-3-2-4-14-11(12)5-6-25-14/h7,11-12,14,17,20H,2-6,8H2,1H3. The van der Waals surface area contributed by atoms with Gasteiger partial charge >= 0.3 is 5.69 Å². The highest BCUT2D eigenvalue weighted by Crippen LogP contribution is 2.43. The predicted molar refractivity (Wildman–Crippen MR) is 89.5 cm³/mol. The van der Waals surface area contributed by atoms with Gasteiger partial charge in [0.1, 0.15) is 0 Å². The van der Waals surface area contributed by atoms with Crippen molar-refractivity contribution >= 4 is 17.1 Å². The maximum absolute atomic E-state index is 11.6. The number of aliphatic hydroxyl groups excluding tert-OH is 1. The summed E-state index contributed by atoms with van der Waals surface area (Å²) in [5, 5.41) is 35.6. The Kier molecular flexibility index (Phi) is 4.87. The zero-order chi connectivity index (χ0) is 18.1. The van der Waals surface area contributed by atoms with Crippen molar-refractivity contribution in [3.8, 4) is 0 Å². The molecule has 2 fully saturated rings. The topological polar surface area (TPSA) is 128 Å². The lowest BCUT2D eigenvalue weighted by molar-refractivity contribution is -0.392. The number of nitro groups is 2. The van der Waals surface area contributed by atoms with Gasteiger partial charge in [0, 0.05) is 30.2 Å². The normalized spacial score (nSPS) is 25.4. The van der Waals surface area contributed by atoms with Crippen molar-refractivity contribution in [2.75, 3.05) is 11.9 Å². The fraction of sp³-hybridized carbons (Fsp3) is 0.625. The van der Waals surface area contributed by atoms with Crippen LogP contribution in [0, 0.1) is 33.1 Å². The lowest BCUT2D eigenvalue weighted by Gasteiger charge is -2.33. The van der Waals surface area contributed by atoms with Gasteiger partial charge in [0.05, 0.1) is 22.6 Å². The number of ether oxygens (including phenoxy) is 1. The lowest BCUT2D eigenvalue weighted by Crippen LogP contribution is -2.38. The molecule has 1 aromatic rings. The van der Waals surface area contributed by atoms with E-state index in [4.69, 9.17) is 4.74 Å². The molecule has 2 N–H and O–H groups in total. The second-order valence-corrected chi connectivity index (χ2v) is 6.62. The van der Waals surface area contributed by atoms with Crippen LogP contribution in [0.2, 0.25) is 0 Å². The molecule has 0 radical (unpaired) electrons. The van der Waals surface area contributed by atoms with E-state index in [1.54, 1.807) is 0 Å². The zero-order valence-electron chi connectivity index (χ0n) is 13.9. The Morgan fingerprint density at radius 2 is 2.04 bits per heavy atom. The number of rotatable bonds is 5. The first-order valence-electron chi connectivity index (χ1n) is 8.38. The van der Waals surface area contributed by atoms with Crippen LogP contribution >= 0.6 is 0 Å². The molecule has 1 saturated heterocycles. The summed E-state index contributed by atoms with van der Waals surface area (Å²) in [6.07, 6.45) is 3.61. The number of aliphatic hydroxyl groups is 1. The SMILES string of the molecule is Cc1c(CO)cc([N+](=O)[O-])c(NC2CCCC3OCCC23)c1[N+](=O)[O-]. The van der Waals surface area contributed by atoms with Crippen molar-refractivity contribution < 1.29 is 19.7 Å². The Hall–Kier alpha value is -2.26. The van der Waals surface area contributed by atoms with Crippen LogP contribution in [0.25, 0.3) is 0 Å². The summed E-state index contributed by atoms with van der Waals surface area (Å²) in [6.45, 7) is 1.66. The monoisotopic (exact) mass is 351 g/mol. The number of nitrogens with zero attached hydrogens (tertiary/aromatic N) is 2. The van der Waals surface area contributed by atoms with Gasteiger partial charge in [-0.15, -0.1) is 0 Å². The highest BCUT2D eigenvalue weighted by Gasteiger charge is 2.40. The minimum absolute atomic E-state index is 0.0674. The molecule has 1 aliphatic heterocycles. The third-order valence-corrected chi connectivity index (χ3v) is 5.30.